The Labute approximate surface area is 152 Å². The highest BCUT2D eigenvalue weighted by Gasteiger charge is 2.10. The molecule has 1 aromatic carbocycles. The number of carbonyl (C=O) groups excluding carboxylic acids is 1. The van der Waals surface area contributed by atoms with E-state index in [1.807, 2.05) is 18.2 Å². The van der Waals surface area contributed by atoms with Gasteiger partial charge >= 0.3 is 5.97 Å². The number of nitrogens with zero attached hydrogens (tertiary/aromatic N) is 1. The lowest BCUT2D eigenvalue weighted by atomic mass is 10.2. The number of rotatable bonds is 9. The maximum Gasteiger partial charge on any atom is 0.354 e. The second-order valence-electron chi connectivity index (χ2n) is 5.61. The first-order valence-corrected chi connectivity index (χ1v) is 8.32. The number of amides is 1. The quantitative estimate of drug-likeness (QED) is 0.669. The van der Waals surface area contributed by atoms with Gasteiger partial charge in [-0.15, -0.1) is 0 Å². The minimum Gasteiger partial charge on any atom is -0.493 e. The number of pyridine rings is 1. The number of carbonyl (C=O) groups is 2. The lowest BCUT2D eigenvalue weighted by Gasteiger charge is -2.12. The predicted octanol–water partition coefficient (Wildman–Crippen LogP) is 2.90. The molecule has 1 aromatic heterocycles. The number of ether oxygens (including phenoxy) is 2. The van der Waals surface area contributed by atoms with Gasteiger partial charge in [0.1, 0.15) is 5.69 Å². The molecule has 1 heterocycles. The standard InChI is InChI=1S/C19H22N2O5/c1-3-4-9-26-16-8-5-13(10-17(16)25-2)11-21-18(22)14-6-7-15(19(23)24)20-12-14/h5-8,10,12H,3-4,9,11H2,1-2H3,(H,21,22)(H,23,24). The average molecular weight is 358 g/mol. The van der Waals surface area contributed by atoms with Gasteiger partial charge in [0.15, 0.2) is 11.5 Å². The zero-order valence-corrected chi connectivity index (χ0v) is 14.8. The highest BCUT2D eigenvalue weighted by molar-refractivity contribution is 5.94. The van der Waals surface area contributed by atoms with Gasteiger partial charge in [-0.3, -0.25) is 4.79 Å². The van der Waals surface area contributed by atoms with Gasteiger partial charge in [0.2, 0.25) is 0 Å². The van der Waals surface area contributed by atoms with Crippen LogP contribution in [0, 0.1) is 0 Å². The number of nitrogens with one attached hydrogen (secondary N) is 1. The van der Waals surface area contributed by atoms with Gasteiger partial charge in [0.05, 0.1) is 19.3 Å². The zero-order valence-electron chi connectivity index (χ0n) is 14.8. The average Bonchev–Trinajstić information content (AvgIpc) is 2.66. The minimum atomic E-state index is -1.13. The van der Waals surface area contributed by atoms with E-state index >= 15 is 0 Å². The van der Waals surface area contributed by atoms with Crippen LogP contribution in [-0.2, 0) is 6.54 Å². The molecule has 0 saturated heterocycles. The topological polar surface area (TPSA) is 97.8 Å². The SMILES string of the molecule is CCCCOc1ccc(CNC(=O)c2ccc(C(=O)O)nc2)cc1OC. The first kappa shape index (κ1) is 19.2. The summed E-state index contributed by atoms with van der Waals surface area (Å²) in [6.07, 6.45) is 3.26. The Bertz CT molecular complexity index is 759. The summed E-state index contributed by atoms with van der Waals surface area (Å²) in [5.74, 6) is -0.188. The molecule has 0 aliphatic rings. The number of carboxylic acids is 1. The molecule has 0 aliphatic carbocycles. The van der Waals surface area contributed by atoms with E-state index < -0.39 is 5.97 Å². The first-order chi connectivity index (χ1) is 12.5. The van der Waals surface area contributed by atoms with E-state index in [2.05, 4.69) is 17.2 Å². The molecule has 0 radical (unpaired) electrons. The van der Waals surface area contributed by atoms with E-state index in [0.717, 1.165) is 18.4 Å². The molecular weight excluding hydrogens is 336 g/mol. The number of methoxy groups -OCH3 is 1. The van der Waals surface area contributed by atoms with Gasteiger partial charge in [-0.2, -0.15) is 0 Å². The molecule has 0 aliphatic heterocycles. The lowest BCUT2D eigenvalue weighted by molar-refractivity contribution is 0.0689. The van der Waals surface area contributed by atoms with Crippen LogP contribution in [0.1, 0.15) is 46.2 Å². The van der Waals surface area contributed by atoms with Crippen LogP contribution in [0.5, 0.6) is 11.5 Å². The summed E-state index contributed by atoms with van der Waals surface area (Å²) in [5.41, 5.74) is 1.04. The van der Waals surface area contributed by atoms with Gasteiger partial charge in [-0.1, -0.05) is 19.4 Å². The molecule has 0 unspecified atom stereocenters. The van der Waals surface area contributed by atoms with Crippen molar-refractivity contribution in [1.29, 1.82) is 0 Å². The Balaban J connectivity index is 1.97. The normalized spacial score (nSPS) is 10.2. The molecule has 26 heavy (non-hydrogen) atoms. The predicted molar refractivity (Wildman–Crippen MR) is 95.8 cm³/mol. The zero-order chi connectivity index (χ0) is 18.9. The van der Waals surface area contributed by atoms with E-state index in [0.29, 0.717) is 30.2 Å². The second kappa shape index (κ2) is 9.41. The monoisotopic (exact) mass is 358 g/mol. The molecule has 138 valence electrons. The minimum absolute atomic E-state index is 0.107. The summed E-state index contributed by atoms with van der Waals surface area (Å²) in [6.45, 7) is 3.02. The maximum atomic E-state index is 12.1. The van der Waals surface area contributed by atoms with Crippen molar-refractivity contribution in [3.8, 4) is 11.5 Å². The van der Waals surface area contributed by atoms with Gasteiger partial charge in [0.25, 0.3) is 5.91 Å². The van der Waals surface area contributed by atoms with Crippen molar-refractivity contribution < 1.29 is 24.2 Å². The van der Waals surface area contributed by atoms with Crippen molar-refractivity contribution in [2.24, 2.45) is 0 Å². The molecule has 7 heteroatoms. The van der Waals surface area contributed by atoms with Crippen molar-refractivity contribution in [2.75, 3.05) is 13.7 Å². The summed E-state index contributed by atoms with van der Waals surface area (Å²) in [4.78, 5) is 26.7. The van der Waals surface area contributed by atoms with Crippen molar-refractivity contribution >= 4 is 11.9 Å². The van der Waals surface area contributed by atoms with E-state index in [1.165, 1.54) is 18.3 Å². The molecular formula is C19H22N2O5. The number of carboxylic acid groups (broad SMARTS) is 1. The van der Waals surface area contributed by atoms with Crippen molar-refractivity contribution in [3.05, 3.63) is 53.3 Å². The number of aromatic carboxylic acids is 1. The lowest BCUT2D eigenvalue weighted by Crippen LogP contribution is -2.23. The summed E-state index contributed by atoms with van der Waals surface area (Å²) in [7, 11) is 1.57. The third-order valence-corrected chi connectivity index (χ3v) is 3.68. The maximum absolute atomic E-state index is 12.1. The van der Waals surface area contributed by atoms with E-state index in [4.69, 9.17) is 14.6 Å². The molecule has 2 rings (SSSR count). The van der Waals surface area contributed by atoms with Crippen LogP contribution < -0.4 is 14.8 Å². The second-order valence-corrected chi connectivity index (χ2v) is 5.61. The molecule has 7 nitrogen and oxygen atoms in total. The van der Waals surface area contributed by atoms with Gasteiger partial charge in [-0.05, 0) is 36.2 Å². The van der Waals surface area contributed by atoms with Gasteiger partial charge in [-0.25, -0.2) is 9.78 Å². The summed E-state index contributed by atoms with van der Waals surface area (Å²) < 4.78 is 11.0. The highest BCUT2D eigenvalue weighted by Crippen LogP contribution is 2.28. The van der Waals surface area contributed by atoms with E-state index in [-0.39, 0.29) is 11.6 Å². The van der Waals surface area contributed by atoms with Crippen LogP contribution in [0.2, 0.25) is 0 Å². The summed E-state index contributed by atoms with van der Waals surface area (Å²) >= 11 is 0. The number of benzene rings is 1. The Hall–Kier alpha value is -3.09. The molecule has 0 fully saturated rings. The third-order valence-electron chi connectivity index (χ3n) is 3.68. The summed E-state index contributed by atoms with van der Waals surface area (Å²) in [5, 5.41) is 11.6. The Morgan fingerprint density at radius 3 is 2.62 bits per heavy atom. The first-order valence-electron chi connectivity index (χ1n) is 8.32. The molecule has 0 bridgehead atoms. The third kappa shape index (κ3) is 5.20. The fourth-order valence-corrected chi connectivity index (χ4v) is 2.21. The Morgan fingerprint density at radius 2 is 2.00 bits per heavy atom. The van der Waals surface area contributed by atoms with Crippen molar-refractivity contribution in [3.63, 3.8) is 0 Å². The van der Waals surface area contributed by atoms with Crippen LogP contribution >= 0.6 is 0 Å². The Kier molecular flexibility index (Phi) is 6.96. The van der Waals surface area contributed by atoms with Crippen molar-refractivity contribution in [2.45, 2.75) is 26.3 Å². The van der Waals surface area contributed by atoms with Crippen molar-refractivity contribution in [1.82, 2.24) is 10.3 Å². The van der Waals surface area contributed by atoms with Gasteiger partial charge in [0, 0.05) is 12.7 Å². The van der Waals surface area contributed by atoms with Crippen LogP contribution in [0.15, 0.2) is 36.5 Å². The molecule has 1 amide bonds. The number of unbranched alkanes of at least 4 members (excludes halogenated alkanes) is 1. The fourth-order valence-electron chi connectivity index (χ4n) is 2.21. The molecule has 2 aromatic rings. The smallest absolute Gasteiger partial charge is 0.354 e. The molecule has 0 saturated carbocycles. The van der Waals surface area contributed by atoms with Crippen LogP contribution in [0.3, 0.4) is 0 Å². The van der Waals surface area contributed by atoms with Crippen LogP contribution in [0.25, 0.3) is 0 Å². The van der Waals surface area contributed by atoms with E-state index in [9.17, 15) is 9.59 Å². The number of hydrogen-bond donors (Lipinski definition) is 2. The summed E-state index contributed by atoms with van der Waals surface area (Å²) in [6, 6.07) is 8.21. The Morgan fingerprint density at radius 1 is 1.19 bits per heavy atom. The molecule has 0 spiro atoms. The van der Waals surface area contributed by atoms with Crippen LogP contribution in [-0.4, -0.2) is 35.7 Å². The molecule has 2 N–H and O–H groups in total. The number of aromatic nitrogens is 1. The number of hydrogen-bond acceptors (Lipinski definition) is 5. The van der Waals surface area contributed by atoms with Crippen LogP contribution in [0.4, 0.5) is 0 Å². The van der Waals surface area contributed by atoms with E-state index in [1.54, 1.807) is 7.11 Å². The largest absolute Gasteiger partial charge is 0.493 e. The highest BCUT2D eigenvalue weighted by atomic mass is 16.5. The van der Waals surface area contributed by atoms with Gasteiger partial charge < -0.3 is 19.9 Å². The molecule has 0 atom stereocenters. The fraction of sp³-hybridized carbons (Fsp3) is 0.316.